The maximum Gasteiger partial charge on any atom is 0.178 e. The Bertz CT molecular complexity index is 482. The Morgan fingerprint density at radius 2 is 2.00 bits per heavy atom. The van der Waals surface area contributed by atoms with Crippen molar-refractivity contribution in [3.8, 4) is 0 Å². The molecule has 102 valence electrons. The van der Waals surface area contributed by atoms with Crippen LogP contribution in [-0.4, -0.2) is 37.1 Å². The first kappa shape index (κ1) is 15.1. The van der Waals surface area contributed by atoms with Gasteiger partial charge >= 0.3 is 0 Å². The Kier molecular flexibility index (Phi) is 5.31. The summed E-state index contributed by atoms with van der Waals surface area (Å²) in [5, 5.41) is 18.2. The van der Waals surface area contributed by atoms with E-state index < -0.39 is 15.9 Å². The molecule has 0 aromatic heterocycles. The first-order valence-electron chi connectivity index (χ1n) is 6.02. The lowest BCUT2D eigenvalue weighted by atomic mass is 9.95. The van der Waals surface area contributed by atoms with Crippen molar-refractivity contribution in [1.29, 1.82) is 0 Å². The van der Waals surface area contributed by atoms with Gasteiger partial charge in [0.1, 0.15) is 0 Å². The fourth-order valence-electron chi connectivity index (χ4n) is 1.80. The minimum atomic E-state index is -3.20. The Labute approximate surface area is 108 Å². The van der Waals surface area contributed by atoms with Gasteiger partial charge in [-0.1, -0.05) is 26.0 Å². The van der Waals surface area contributed by atoms with Crippen molar-refractivity contribution < 1.29 is 18.6 Å². The van der Waals surface area contributed by atoms with E-state index in [4.69, 9.17) is 5.11 Å². The molecule has 18 heavy (non-hydrogen) atoms. The van der Waals surface area contributed by atoms with Crippen LogP contribution in [0.15, 0.2) is 29.2 Å². The summed E-state index contributed by atoms with van der Waals surface area (Å²) in [6, 6.07) is 6.77. The Morgan fingerprint density at radius 3 is 2.56 bits per heavy atom. The summed E-state index contributed by atoms with van der Waals surface area (Å²) in [4.78, 5) is 0.313. The molecule has 2 N–H and O–H groups in total. The molecular weight excluding hydrogens is 252 g/mol. The van der Waals surface area contributed by atoms with Crippen LogP contribution in [0.25, 0.3) is 0 Å². The number of rotatable bonds is 6. The SMILES string of the molecule is CCS(=O)(=O)c1cccc(C(C)CC(O)CO)c1. The third-order valence-corrected chi connectivity index (χ3v) is 4.73. The topological polar surface area (TPSA) is 74.6 Å². The van der Waals surface area contributed by atoms with Crippen molar-refractivity contribution in [2.45, 2.75) is 37.2 Å². The first-order valence-corrected chi connectivity index (χ1v) is 7.67. The van der Waals surface area contributed by atoms with E-state index >= 15 is 0 Å². The molecule has 0 aliphatic carbocycles. The van der Waals surface area contributed by atoms with Crippen molar-refractivity contribution in [1.82, 2.24) is 0 Å². The maximum atomic E-state index is 11.8. The van der Waals surface area contributed by atoms with Crippen LogP contribution in [0, 0.1) is 0 Å². The molecule has 0 heterocycles. The average molecular weight is 272 g/mol. The number of sulfone groups is 1. The zero-order valence-corrected chi connectivity index (χ0v) is 11.5. The van der Waals surface area contributed by atoms with E-state index in [0.29, 0.717) is 11.3 Å². The highest BCUT2D eigenvalue weighted by molar-refractivity contribution is 7.91. The molecule has 1 aromatic carbocycles. The Hall–Kier alpha value is -0.910. The van der Waals surface area contributed by atoms with E-state index in [1.165, 1.54) is 0 Å². The van der Waals surface area contributed by atoms with Crippen LogP contribution in [0.2, 0.25) is 0 Å². The summed E-state index contributed by atoms with van der Waals surface area (Å²) in [6.07, 6.45) is -0.363. The van der Waals surface area contributed by atoms with E-state index in [9.17, 15) is 13.5 Å². The molecule has 0 radical (unpaired) electrons. The van der Waals surface area contributed by atoms with Gasteiger partial charge in [0.15, 0.2) is 9.84 Å². The molecule has 5 heteroatoms. The quantitative estimate of drug-likeness (QED) is 0.819. The summed E-state index contributed by atoms with van der Waals surface area (Å²) >= 11 is 0. The van der Waals surface area contributed by atoms with Crippen molar-refractivity contribution in [3.05, 3.63) is 29.8 Å². The average Bonchev–Trinajstić information content (AvgIpc) is 2.38. The Balaban J connectivity index is 2.95. The monoisotopic (exact) mass is 272 g/mol. The highest BCUT2D eigenvalue weighted by atomic mass is 32.2. The van der Waals surface area contributed by atoms with E-state index in [1.807, 2.05) is 13.0 Å². The molecule has 0 aliphatic rings. The highest BCUT2D eigenvalue weighted by Crippen LogP contribution is 2.23. The minimum Gasteiger partial charge on any atom is -0.394 e. The molecule has 1 aromatic rings. The van der Waals surface area contributed by atoms with Gasteiger partial charge in [-0.25, -0.2) is 8.42 Å². The van der Waals surface area contributed by atoms with Crippen molar-refractivity contribution in [2.24, 2.45) is 0 Å². The highest BCUT2D eigenvalue weighted by Gasteiger charge is 2.15. The van der Waals surface area contributed by atoms with E-state index in [-0.39, 0.29) is 18.3 Å². The second kappa shape index (κ2) is 6.31. The molecule has 0 spiro atoms. The largest absolute Gasteiger partial charge is 0.394 e. The zero-order valence-electron chi connectivity index (χ0n) is 10.7. The standard InChI is InChI=1S/C13H20O4S/c1-3-18(16,17)13-6-4-5-11(8-13)10(2)7-12(15)9-14/h4-6,8,10,12,14-15H,3,7,9H2,1-2H3. The minimum absolute atomic E-state index is 0.000781. The van der Waals surface area contributed by atoms with Crippen LogP contribution in [0.4, 0.5) is 0 Å². The van der Waals surface area contributed by atoms with Crippen LogP contribution < -0.4 is 0 Å². The fraction of sp³-hybridized carbons (Fsp3) is 0.538. The van der Waals surface area contributed by atoms with E-state index in [2.05, 4.69) is 0 Å². The number of aliphatic hydroxyl groups excluding tert-OH is 2. The van der Waals surface area contributed by atoms with Crippen molar-refractivity contribution in [3.63, 3.8) is 0 Å². The van der Waals surface area contributed by atoms with Gasteiger partial charge in [0.05, 0.1) is 23.4 Å². The summed E-state index contributed by atoms with van der Waals surface area (Å²) in [5.41, 5.74) is 0.858. The predicted octanol–water partition coefficient (Wildman–Crippen LogP) is 1.33. The Morgan fingerprint density at radius 1 is 1.33 bits per heavy atom. The molecule has 2 unspecified atom stereocenters. The number of benzene rings is 1. The summed E-state index contributed by atoms with van der Waals surface area (Å²) in [6.45, 7) is 3.23. The van der Waals surface area contributed by atoms with Crippen molar-refractivity contribution in [2.75, 3.05) is 12.4 Å². The van der Waals surface area contributed by atoms with Gasteiger partial charge in [0.2, 0.25) is 0 Å². The smallest absolute Gasteiger partial charge is 0.178 e. The molecular formula is C13H20O4S. The summed E-state index contributed by atoms with van der Waals surface area (Å²) in [7, 11) is -3.20. The lowest BCUT2D eigenvalue weighted by molar-refractivity contribution is 0.0835. The lowest BCUT2D eigenvalue weighted by Gasteiger charge is -2.16. The molecule has 0 fully saturated rings. The molecule has 0 bridgehead atoms. The maximum absolute atomic E-state index is 11.8. The normalized spacial score (nSPS) is 15.3. The fourth-order valence-corrected chi connectivity index (χ4v) is 2.73. The third-order valence-electron chi connectivity index (χ3n) is 3.00. The number of aliphatic hydroxyl groups is 2. The number of hydrogen-bond donors (Lipinski definition) is 2. The third kappa shape index (κ3) is 3.80. The van der Waals surface area contributed by atoms with Crippen LogP contribution in [0.3, 0.4) is 0 Å². The summed E-state index contributed by atoms with van der Waals surface area (Å²) in [5.74, 6) is 0.0727. The first-order chi connectivity index (χ1) is 8.40. The molecule has 0 aliphatic heterocycles. The number of hydrogen-bond acceptors (Lipinski definition) is 4. The second-order valence-electron chi connectivity index (χ2n) is 4.45. The van der Waals surface area contributed by atoms with Crippen molar-refractivity contribution >= 4 is 9.84 Å². The van der Waals surface area contributed by atoms with Crippen LogP contribution in [-0.2, 0) is 9.84 Å². The molecule has 1 rings (SSSR count). The van der Waals surface area contributed by atoms with Crippen LogP contribution in [0.1, 0.15) is 31.7 Å². The summed E-state index contributed by atoms with van der Waals surface area (Å²) < 4.78 is 23.5. The van der Waals surface area contributed by atoms with Gasteiger partial charge < -0.3 is 10.2 Å². The molecule has 4 nitrogen and oxygen atoms in total. The van der Waals surface area contributed by atoms with Gasteiger partial charge in [0, 0.05) is 0 Å². The van der Waals surface area contributed by atoms with Crippen LogP contribution >= 0.6 is 0 Å². The van der Waals surface area contributed by atoms with Crippen LogP contribution in [0.5, 0.6) is 0 Å². The van der Waals surface area contributed by atoms with Gasteiger partial charge in [0.25, 0.3) is 0 Å². The molecule has 2 atom stereocenters. The zero-order chi connectivity index (χ0) is 13.8. The molecule has 0 saturated heterocycles. The van der Waals surface area contributed by atoms with Gasteiger partial charge in [-0.05, 0) is 30.0 Å². The van der Waals surface area contributed by atoms with Gasteiger partial charge in [-0.3, -0.25) is 0 Å². The van der Waals surface area contributed by atoms with E-state index in [1.54, 1.807) is 25.1 Å². The molecule has 0 amide bonds. The van der Waals surface area contributed by atoms with Gasteiger partial charge in [-0.2, -0.15) is 0 Å². The lowest BCUT2D eigenvalue weighted by Crippen LogP contribution is -2.15. The second-order valence-corrected chi connectivity index (χ2v) is 6.73. The molecule has 0 saturated carbocycles. The predicted molar refractivity (Wildman–Crippen MR) is 70.3 cm³/mol. The van der Waals surface area contributed by atoms with Gasteiger partial charge in [-0.15, -0.1) is 0 Å². The van der Waals surface area contributed by atoms with E-state index in [0.717, 1.165) is 5.56 Å².